The van der Waals surface area contributed by atoms with E-state index in [1.165, 1.54) is 38.2 Å². The fourth-order valence-electron chi connectivity index (χ4n) is 7.53. The maximum absolute atomic E-state index is 13.7. The van der Waals surface area contributed by atoms with Crippen LogP contribution in [-0.2, 0) is 9.59 Å². The molecular formula is C50H55FN8O5. The normalized spacial score (nSPS) is 15.0. The predicted molar refractivity (Wildman–Crippen MR) is 250 cm³/mol. The lowest BCUT2D eigenvalue weighted by Gasteiger charge is -2.35. The molecule has 0 bridgehead atoms. The van der Waals surface area contributed by atoms with Gasteiger partial charge in [0, 0.05) is 75.3 Å². The first-order valence-electron chi connectivity index (χ1n) is 21.4. The molecule has 2 saturated heterocycles. The number of hydrogen-bond acceptors (Lipinski definition) is 11. The maximum atomic E-state index is 13.7. The number of piperazine rings is 2. The standard InChI is InChI=1S/C25H27FN4O2.C25H28N4O3/c1-17-8-9-18-20(16-17)27-23(19-6-4-5-7-21(19)31)28-24(18)30-14-12-29(13-15-30)22(32)10-11-25(2,3)26;1-17-8-9-18-20(16-17)26-23(19-6-4-5-7-21(19)30)27-24(18)29-14-12-28(13-15-29)22(31)10-11-25(2,3)32/h4-11,16,31H,12-15H2,1-3H3;4-11,16,30,32H,12-15H2,1-3H3/b2*11-10+. The van der Waals surface area contributed by atoms with E-state index in [2.05, 4.69) is 9.80 Å². The van der Waals surface area contributed by atoms with Gasteiger partial charge in [0.2, 0.25) is 11.8 Å². The van der Waals surface area contributed by atoms with Gasteiger partial charge in [0.25, 0.3) is 0 Å². The number of hydrogen-bond donors (Lipinski definition) is 3. The Morgan fingerprint density at radius 1 is 0.578 bits per heavy atom. The molecule has 332 valence electrons. The molecule has 0 unspecified atom stereocenters. The van der Waals surface area contributed by atoms with Gasteiger partial charge >= 0.3 is 0 Å². The number of anilines is 2. The molecule has 2 aliphatic heterocycles. The quantitative estimate of drug-likeness (QED) is 0.130. The minimum atomic E-state index is -1.52. The smallest absolute Gasteiger partial charge is 0.246 e. The number of aromatic hydroxyl groups is 2. The summed E-state index contributed by atoms with van der Waals surface area (Å²) in [5.41, 5.74) is 2.43. The summed E-state index contributed by atoms with van der Waals surface area (Å²) in [7, 11) is 0. The van der Waals surface area contributed by atoms with Crippen LogP contribution in [0.15, 0.2) is 109 Å². The first kappa shape index (κ1) is 45.1. The second-order valence-electron chi connectivity index (χ2n) is 17.3. The number of alkyl halides is 1. The van der Waals surface area contributed by atoms with Crippen LogP contribution < -0.4 is 9.80 Å². The van der Waals surface area contributed by atoms with E-state index in [-0.39, 0.29) is 23.3 Å². The molecule has 3 N–H and O–H groups in total. The van der Waals surface area contributed by atoms with Crippen LogP contribution in [0.4, 0.5) is 16.0 Å². The van der Waals surface area contributed by atoms with Crippen molar-refractivity contribution in [3.8, 4) is 34.3 Å². The van der Waals surface area contributed by atoms with E-state index in [1.807, 2.05) is 68.4 Å². The zero-order valence-corrected chi connectivity index (χ0v) is 37.2. The van der Waals surface area contributed by atoms with Gasteiger partial charge < -0.3 is 34.9 Å². The van der Waals surface area contributed by atoms with E-state index in [0.717, 1.165) is 44.6 Å². The molecule has 14 heteroatoms. The fraction of sp³-hybridized carbons (Fsp3) is 0.320. The molecule has 13 nitrogen and oxygen atoms in total. The number of phenols is 2. The minimum Gasteiger partial charge on any atom is -0.507 e. The summed E-state index contributed by atoms with van der Waals surface area (Å²) in [6.07, 6.45) is 5.56. The molecule has 64 heavy (non-hydrogen) atoms. The van der Waals surface area contributed by atoms with Gasteiger partial charge in [0.1, 0.15) is 28.8 Å². The number of carbonyl (C=O) groups is 2. The summed E-state index contributed by atoms with van der Waals surface area (Å²) in [5.74, 6) is 2.49. The highest BCUT2D eigenvalue weighted by molar-refractivity contribution is 5.94. The maximum Gasteiger partial charge on any atom is 0.246 e. The number of halogens is 1. The van der Waals surface area contributed by atoms with Crippen LogP contribution >= 0.6 is 0 Å². The van der Waals surface area contributed by atoms with Crippen molar-refractivity contribution in [1.82, 2.24) is 29.7 Å². The van der Waals surface area contributed by atoms with Gasteiger partial charge in [-0.2, -0.15) is 0 Å². The van der Waals surface area contributed by atoms with Crippen LogP contribution in [-0.4, -0.2) is 120 Å². The number of rotatable bonds is 8. The molecule has 0 radical (unpaired) electrons. The third-order valence-corrected chi connectivity index (χ3v) is 11.0. The minimum absolute atomic E-state index is 0.107. The van der Waals surface area contributed by atoms with Gasteiger partial charge in [-0.25, -0.2) is 24.3 Å². The monoisotopic (exact) mass is 866 g/mol. The van der Waals surface area contributed by atoms with Crippen LogP contribution in [0, 0.1) is 13.8 Å². The van der Waals surface area contributed by atoms with Crippen molar-refractivity contribution in [1.29, 1.82) is 0 Å². The number of allylic oxidation sites excluding steroid dienone is 1. The van der Waals surface area contributed by atoms with Crippen molar-refractivity contribution in [2.24, 2.45) is 0 Å². The number of phenolic OH excluding ortho intramolecular Hbond substituents is 2. The number of para-hydroxylation sites is 2. The molecule has 6 aromatic rings. The lowest BCUT2D eigenvalue weighted by molar-refractivity contribution is -0.127. The summed E-state index contributed by atoms with van der Waals surface area (Å²) >= 11 is 0. The number of carbonyl (C=O) groups excluding carboxylic acids is 2. The average molecular weight is 867 g/mol. The Hall–Kier alpha value is -6.93. The second-order valence-corrected chi connectivity index (χ2v) is 17.3. The number of amides is 2. The first-order valence-corrected chi connectivity index (χ1v) is 21.4. The van der Waals surface area contributed by atoms with Gasteiger partial charge in [-0.3, -0.25) is 9.59 Å². The summed E-state index contributed by atoms with van der Waals surface area (Å²) in [4.78, 5) is 51.7. The van der Waals surface area contributed by atoms with Gasteiger partial charge in [-0.1, -0.05) is 36.4 Å². The number of aryl methyl sites for hydroxylation is 2. The molecule has 2 aliphatic rings. The highest BCUT2D eigenvalue weighted by Gasteiger charge is 2.26. The van der Waals surface area contributed by atoms with Crippen molar-refractivity contribution in [2.45, 2.75) is 52.8 Å². The van der Waals surface area contributed by atoms with Crippen molar-refractivity contribution < 1.29 is 29.3 Å². The molecule has 0 saturated carbocycles. The van der Waals surface area contributed by atoms with E-state index >= 15 is 0 Å². The summed E-state index contributed by atoms with van der Waals surface area (Å²) < 4.78 is 13.7. The van der Waals surface area contributed by atoms with Crippen molar-refractivity contribution in [2.75, 3.05) is 62.2 Å². The van der Waals surface area contributed by atoms with Gasteiger partial charge in [0.15, 0.2) is 11.6 Å². The van der Waals surface area contributed by atoms with Crippen molar-refractivity contribution in [3.05, 3.63) is 120 Å². The van der Waals surface area contributed by atoms with E-state index in [1.54, 1.807) is 54.0 Å². The number of benzene rings is 4. The molecular weight excluding hydrogens is 812 g/mol. The zero-order chi connectivity index (χ0) is 45.8. The van der Waals surface area contributed by atoms with Gasteiger partial charge in [-0.05, 0) is 113 Å². The van der Waals surface area contributed by atoms with E-state index in [0.29, 0.717) is 75.1 Å². The second kappa shape index (κ2) is 18.8. The third-order valence-electron chi connectivity index (χ3n) is 11.0. The van der Waals surface area contributed by atoms with E-state index < -0.39 is 11.3 Å². The van der Waals surface area contributed by atoms with E-state index in [9.17, 15) is 29.3 Å². The molecule has 2 fully saturated rings. The molecule has 0 atom stereocenters. The zero-order valence-electron chi connectivity index (χ0n) is 37.2. The van der Waals surface area contributed by atoms with Gasteiger partial charge in [-0.15, -0.1) is 0 Å². The molecule has 0 spiro atoms. The van der Waals surface area contributed by atoms with Crippen LogP contribution in [0.25, 0.3) is 44.6 Å². The molecule has 2 amide bonds. The highest BCUT2D eigenvalue weighted by Crippen LogP contribution is 2.34. The van der Waals surface area contributed by atoms with Crippen LogP contribution in [0.1, 0.15) is 38.8 Å². The third kappa shape index (κ3) is 11.0. The summed E-state index contributed by atoms with van der Waals surface area (Å²) in [6.45, 7) is 14.7. The lowest BCUT2D eigenvalue weighted by Crippen LogP contribution is -2.48. The Morgan fingerprint density at radius 3 is 1.34 bits per heavy atom. The van der Waals surface area contributed by atoms with E-state index in [4.69, 9.17) is 19.9 Å². The summed E-state index contributed by atoms with van der Waals surface area (Å²) in [5, 5.41) is 32.3. The van der Waals surface area contributed by atoms with Crippen molar-refractivity contribution >= 4 is 45.3 Å². The molecule has 4 heterocycles. The van der Waals surface area contributed by atoms with Crippen molar-refractivity contribution in [3.63, 3.8) is 0 Å². The van der Waals surface area contributed by atoms with Crippen LogP contribution in [0.2, 0.25) is 0 Å². The molecule has 4 aromatic carbocycles. The number of fused-ring (bicyclic) bond motifs is 2. The molecule has 2 aromatic heterocycles. The lowest BCUT2D eigenvalue weighted by atomic mass is 10.1. The molecule has 8 rings (SSSR count). The first-order chi connectivity index (χ1) is 30.4. The Balaban J connectivity index is 0.000000191. The Morgan fingerprint density at radius 2 is 0.969 bits per heavy atom. The Bertz CT molecular complexity index is 2540. The summed E-state index contributed by atoms with van der Waals surface area (Å²) in [6, 6.07) is 26.2. The number of aromatic nitrogens is 4. The number of nitrogens with zero attached hydrogens (tertiary/aromatic N) is 8. The number of aliphatic hydroxyl groups is 1. The van der Waals surface area contributed by atoms with Gasteiger partial charge in [0.05, 0.1) is 27.8 Å². The Kier molecular flexibility index (Phi) is 13.3. The average Bonchev–Trinajstić information content (AvgIpc) is 3.26. The molecule has 0 aliphatic carbocycles. The fourth-order valence-corrected chi connectivity index (χ4v) is 7.53. The largest absolute Gasteiger partial charge is 0.507 e. The van der Waals surface area contributed by atoms with Crippen LogP contribution in [0.5, 0.6) is 11.5 Å². The predicted octanol–water partition coefficient (Wildman–Crippen LogP) is 7.55. The van der Waals surface area contributed by atoms with Crippen LogP contribution in [0.3, 0.4) is 0 Å². The topological polar surface area (TPSA) is 159 Å². The SMILES string of the molecule is Cc1ccc2c(N3CCN(C(=O)/C=C/C(C)(C)F)CC3)nc(-c3ccccc3O)nc2c1.Cc1ccc2c(N3CCN(C(=O)/C=C/C(C)(C)O)CC3)nc(-c3ccccc3O)nc2c1. The Labute approximate surface area is 372 Å². The highest BCUT2D eigenvalue weighted by atomic mass is 19.1.